The van der Waals surface area contributed by atoms with Gasteiger partial charge in [-0.3, -0.25) is 4.79 Å². The van der Waals surface area contributed by atoms with E-state index in [1.807, 2.05) is 0 Å². The first-order valence-corrected chi connectivity index (χ1v) is 5.97. The van der Waals surface area contributed by atoms with Crippen LogP contribution in [0.25, 0.3) is 6.08 Å². The molecule has 102 valence electrons. The summed E-state index contributed by atoms with van der Waals surface area (Å²) in [5.41, 5.74) is -0.540. The van der Waals surface area contributed by atoms with Crippen molar-refractivity contribution in [2.75, 3.05) is 0 Å². The van der Waals surface area contributed by atoms with Crippen LogP contribution in [-0.4, -0.2) is 17.5 Å². The maximum absolute atomic E-state index is 12.8. The summed E-state index contributed by atoms with van der Waals surface area (Å²) in [6, 6.07) is 2.58. The number of carbonyl (C=O) groups excluding carboxylic acids is 1. The molecule has 0 saturated carbocycles. The Balaban J connectivity index is 2.61. The van der Waals surface area contributed by atoms with Crippen LogP contribution in [0.3, 0.4) is 0 Å². The van der Waals surface area contributed by atoms with Crippen molar-refractivity contribution in [1.82, 2.24) is 0 Å². The Bertz CT molecular complexity index is 581. The molecular formula is C11H4Cl3F3O2. The van der Waals surface area contributed by atoms with Gasteiger partial charge in [0.25, 0.3) is 5.24 Å². The zero-order valence-electron chi connectivity index (χ0n) is 8.89. The van der Waals surface area contributed by atoms with Gasteiger partial charge >= 0.3 is 6.18 Å². The van der Waals surface area contributed by atoms with E-state index in [0.29, 0.717) is 0 Å². The van der Waals surface area contributed by atoms with E-state index in [0.717, 1.165) is 6.08 Å². The Kier molecular flexibility index (Phi) is 3.73. The summed E-state index contributed by atoms with van der Waals surface area (Å²) in [5.74, 6) is -0.185. The molecule has 0 radical (unpaired) electrons. The molecule has 2 rings (SSSR count). The van der Waals surface area contributed by atoms with Crippen molar-refractivity contribution >= 4 is 46.1 Å². The van der Waals surface area contributed by atoms with Crippen molar-refractivity contribution in [1.29, 1.82) is 0 Å². The number of hydrogen-bond donors (Lipinski definition) is 0. The van der Waals surface area contributed by atoms with Crippen LogP contribution in [-0.2, 0) is 4.79 Å². The molecule has 2 nitrogen and oxygen atoms in total. The van der Waals surface area contributed by atoms with E-state index < -0.39 is 23.1 Å². The molecule has 8 heteroatoms. The third-order valence-corrected chi connectivity index (χ3v) is 3.11. The van der Waals surface area contributed by atoms with Gasteiger partial charge in [0, 0.05) is 10.6 Å². The van der Waals surface area contributed by atoms with E-state index in [1.54, 1.807) is 0 Å². The predicted octanol–water partition coefficient (Wildman–Crippen LogP) is 4.47. The molecule has 1 unspecified atom stereocenters. The van der Waals surface area contributed by atoms with Crippen LogP contribution in [0.1, 0.15) is 5.56 Å². The molecule has 19 heavy (non-hydrogen) atoms. The average molecular weight is 332 g/mol. The fourth-order valence-electron chi connectivity index (χ4n) is 1.64. The number of ether oxygens (including phenoxy) is 1. The van der Waals surface area contributed by atoms with Crippen LogP contribution < -0.4 is 4.74 Å². The standard InChI is InChI=1S/C11H4Cl3F3O2/c12-5-1-4-2-6(10(14)18)9(11(15,16)17)19-8(4)7(13)3-5/h1-3,9H. The maximum Gasteiger partial charge on any atom is 0.429 e. The Hall–Kier alpha value is -0.910. The number of rotatable bonds is 1. The summed E-state index contributed by atoms with van der Waals surface area (Å²) in [4.78, 5) is 11.1. The number of hydrogen-bond acceptors (Lipinski definition) is 2. The summed E-state index contributed by atoms with van der Waals surface area (Å²) in [6.45, 7) is 0. The van der Waals surface area contributed by atoms with Gasteiger partial charge in [0.05, 0.1) is 10.6 Å². The summed E-state index contributed by atoms with van der Waals surface area (Å²) < 4.78 is 43.2. The van der Waals surface area contributed by atoms with E-state index in [4.69, 9.17) is 39.5 Å². The minimum absolute atomic E-state index is 0.0749. The first kappa shape index (κ1) is 14.5. The van der Waals surface area contributed by atoms with Crippen molar-refractivity contribution in [3.8, 4) is 5.75 Å². The van der Waals surface area contributed by atoms with Crippen LogP contribution in [0.4, 0.5) is 13.2 Å². The fourth-order valence-corrected chi connectivity index (χ4v) is 2.35. The second kappa shape index (κ2) is 4.89. The van der Waals surface area contributed by atoms with Crippen LogP contribution in [0.5, 0.6) is 5.75 Å². The third kappa shape index (κ3) is 2.83. The summed E-state index contributed by atoms with van der Waals surface area (Å²) >= 11 is 16.6. The first-order chi connectivity index (χ1) is 8.70. The molecule has 0 spiro atoms. The Morgan fingerprint density at radius 1 is 1.26 bits per heavy atom. The molecule has 0 saturated heterocycles. The van der Waals surface area contributed by atoms with Gasteiger partial charge in [-0.15, -0.1) is 0 Å². The van der Waals surface area contributed by atoms with Crippen molar-refractivity contribution < 1.29 is 22.7 Å². The molecular weight excluding hydrogens is 327 g/mol. The first-order valence-electron chi connectivity index (χ1n) is 4.84. The lowest BCUT2D eigenvalue weighted by atomic mass is 10.0. The molecule has 1 aromatic rings. The molecule has 0 bridgehead atoms. The number of alkyl halides is 3. The SMILES string of the molecule is O=C(Cl)C1=Cc2cc(Cl)cc(Cl)c2OC1C(F)(F)F. The monoisotopic (exact) mass is 330 g/mol. The van der Waals surface area contributed by atoms with Crippen molar-refractivity contribution in [2.45, 2.75) is 12.3 Å². The van der Waals surface area contributed by atoms with Gasteiger partial charge in [-0.2, -0.15) is 13.2 Å². The molecule has 1 aliphatic heterocycles. The third-order valence-electron chi connectivity index (χ3n) is 2.39. The molecule has 1 aliphatic rings. The van der Waals surface area contributed by atoms with Gasteiger partial charge in [0.2, 0.25) is 6.10 Å². The fraction of sp³-hybridized carbons (Fsp3) is 0.182. The molecule has 1 aromatic carbocycles. The quantitative estimate of drug-likeness (QED) is 0.710. The van der Waals surface area contributed by atoms with Crippen molar-refractivity contribution in [3.05, 3.63) is 33.3 Å². The Labute approximate surface area is 120 Å². The zero-order valence-corrected chi connectivity index (χ0v) is 11.2. The van der Waals surface area contributed by atoms with Gasteiger partial charge < -0.3 is 4.74 Å². The second-order valence-corrected chi connectivity index (χ2v) is 4.91. The second-order valence-electron chi connectivity index (χ2n) is 3.72. The van der Waals surface area contributed by atoms with Crippen LogP contribution in [0, 0.1) is 0 Å². The lowest BCUT2D eigenvalue weighted by Crippen LogP contribution is -2.39. The van der Waals surface area contributed by atoms with E-state index in [2.05, 4.69) is 0 Å². The summed E-state index contributed by atoms with van der Waals surface area (Å²) in [7, 11) is 0. The average Bonchev–Trinajstić information content (AvgIpc) is 2.25. The molecule has 0 fully saturated rings. The van der Waals surface area contributed by atoms with E-state index in [-0.39, 0.29) is 21.4 Å². The van der Waals surface area contributed by atoms with E-state index in [9.17, 15) is 18.0 Å². The topological polar surface area (TPSA) is 26.3 Å². The number of benzene rings is 1. The maximum atomic E-state index is 12.8. The van der Waals surface area contributed by atoms with Gasteiger partial charge in [-0.1, -0.05) is 23.2 Å². The minimum atomic E-state index is -4.78. The number of carbonyl (C=O) groups is 1. The van der Waals surface area contributed by atoms with Gasteiger partial charge in [0.1, 0.15) is 5.75 Å². The van der Waals surface area contributed by atoms with Crippen LogP contribution in [0.2, 0.25) is 10.0 Å². The van der Waals surface area contributed by atoms with Crippen LogP contribution in [0.15, 0.2) is 17.7 Å². The van der Waals surface area contributed by atoms with Crippen LogP contribution >= 0.6 is 34.8 Å². The highest BCUT2D eigenvalue weighted by molar-refractivity contribution is 6.68. The van der Waals surface area contributed by atoms with Gasteiger partial charge in [-0.25, -0.2) is 0 Å². The van der Waals surface area contributed by atoms with Crippen molar-refractivity contribution in [3.63, 3.8) is 0 Å². The van der Waals surface area contributed by atoms with Crippen molar-refractivity contribution in [2.24, 2.45) is 0 Å². The molecule has 1 atom stereocenters. The molecule has 0 aromatic heterocycles. The molecule has 0 aliphatic carbocycles. The normalized spacial score (nSPS) is 18.4. The minimum Gasteiger partial charge on any atom is -0.474 e. The zero-order chi connectivity index (χ0) is 14.4. The Morgan fingerprint density at radius 2 is 1.89 bits per heavy atom. The lowest BCUT2D eigenvalue weighted by Gasteiger charge is -2.27. The lowest BCUT2D eigenvalue weighted by molar-refractivity contribution is -0.184. The van der Waals surface area contributed by atoms with E-state index >= 15 is 0 Å². The van der Waals surface area contributed by atoms with Gasteiger partial charge in [0.15, 0.2) is 0 Å². The highest BCUT2D eigenvalue weighted by Gasteiger charge is 2.48. The highest BCUT2D eigenvalue weighted by Crippen LogP contribution is 2.42. The number of halogens is 6. The summed E-state index contributed by atoms with van der Waals surface area (Å²) in [5, 5.41) is -1.12. The number of fused-ring (bicyclic) bond motifs is 1. The Morgan fingerprint density at radius 3 is 2.42 bits per heavy atom. The summed E-state index contributed by atoms with van der Waals surface area (Å²) in [6.07, 6.45) is -6.25. The molecule has 0 N–H and O–H groups in total. The van der Waals surface area contributed by atoms with E-state index in [1.165, 1.54) is 12.1 Å². The molecule has 1 heterocycles. The smallest absolute Gasteiger partial charge is 0.429 e. The van der Waals surface area contributed by atoms with Gasteiger partial charge in [-0.05, 0) is 29.8 Å². The largest absolute Gasteiger partial charge is 0.474 e. The molecule has 0 amide bonds. The highest BCUT2D eigenvalue weighted by atomic mass is 35.5. The predicted molar refractivity (Wildman–Crippen MR) is 65.8 cm³/mol.